The summed E-state index contributed by atoms with van der Waals surface area (Å²) in [5, 5.41) is 7.33. The van der Waals surface area contributed by atoms with Gasteiger partial charge in [-0.25, -0.2) is 4.68 Å². The third-order valence-corrected chi connectivity index (χ3v) is 7.09. The average Bonchev–Trinajstić information content (AvgIpc) is 3.33. The first-order valence-electron chi connectivity index (χ1n) is 13.0. The van der Waals surface area contributed by atoms with Crippen LogP contribution in [0.25, 0.3) is 11.1 Å². The standard InChI is InChI=1S/C30H41N3O2/c1-6-30(4,5)19-25-10-7-8-12-27(13-9-11-25)29(32-22(2)34)18-24-14-16-26(17-15-24)28-20-31-33(21-28)23(3)35/h10,13-17,20-21,29H,6-9,11-12,18-19H2,1-5H3,(H,32,34)/b25-10+,27-13+. The van der Waals surface area contributed by atoms with Crippen molar-refractivity contribution in [3.8, 4) is 11.1 Å². The second kappa shape index (κ2) is 12.1. The Kier molecular flexibility index (Phi) is 9.25. The van der Waals surface area contributed by atoms with Crippen LogP contribution in [0.5, 0.6) is 0 Å². The van der Waals surface area contributed by atoms with Crippen LogP contribution in [0.4, 0.5) is 0 Å². The van der Waals surface area contributed by atoms with Crippen molar-refractivity contribution in [3.63, 3.8) is 0 Å². The largest absolute Gasteiger partial charge is 0.350 e. The Morgan fingerprint density at radius 2 is 1.80 bits per heavy atom. The minimum Gasteiger partial charge on any atom is -0.350 e. The van der Waals surface area contributed by atoms with Gasteiger partial charge in [0.15, 0.2) is 0 Å². The Hall–Kier alpha value is -2.95. The summed E-state index contributed by atoms with van der Waals surface area (Å²) in [6.07, 6.45) is 16.8. The van der Waals surface area contributed by atoms with Crippen molar-refractivity contribution >= 4 is 11.8 Å². The maximum atomic E-state index is 12.1. The number of carbonyl (C=O) groups excluding carboxylic acids is 2. The van der Waals surface area contributed by atoms with Crippen molar-refractivity contribution in [1.82, 2.24) is 15.1 Å². The van der Waals surface area contributed by atoms with E-state index in [1.165, 1.54) is 35.6 Å². The molecule has 1 atom stereocenters. The number of hydrogen-bond donors (Lipinski definition) is 1. The summed E-state index contributed by atoms with van der Waals surface area (Å²) in [5.41, 5.74) is 6.38. The SMILES string of the molecule is CCC(C)(C)C/C1=C/CCC/C(C(Cc2ccc(-c3cnn(C(C)=O)c3)cc2)NC(C)=O)=C\CC1. The van der Waals surface area contributed by atoms with Crippen LogP contribution in [0.15, 0.2) is 60.0 Å². The molecule has 35 heavy (non-hydrogen) atoms. The highest BCUT2D eigenvalue weighted by Gasteiger charge is 2.20. The second-order valence-corrected chi connectivity index (χ2v) is 10.6. The molecule has 188 valence electrons. The topological polar surface area (TPSA) is 64.0 Å². The number of hydrogen-bond acceptors (Lipinski definition) is 3. The average molecular weight is 476 g/mol. The predicted molar refractivity (Wildman–Crippen MR) is 143 cm³/mol. The maximum Gasteiger partial charge on any atom is 0.243 e. The Morgan fingerprint density at radius 3 is 2.43 bits per heavy atom. The van der Waals surface area contributed by atoms with Gasteiger partial charge in [0.1, 0.15) is 0 Å². The Labute approximate surface area is 210 Å². The molecule has 0 aliphatic heterocycles. The van der Waals surface area contributed by atoms with Crippen LogP contribution >= 0.6 is 0 Å². The molecule has 5 heteroatoms. The highest BCUT2D eigenvalue weighted by Crippen LogP contribution is 2.32. The van der Waals surface area contributed by atoms with Gasteiger partial charge in [0.05, 0.1) is 12.2 Å². The number of amides is 1. The summed E-state index contributed by atoms with van der Waals surface area (Å²) in [5.74, 6) is -0.0989. The van der Waals surface area contributed by atoms with E-state index >= 15 is 0 Å². The van der Waals surface area contributed by atoms with Gasteiger partial charge in [-0.05, 0) is 61.5 Å². The molecule has 2 aromatic rings. The minimum absolute atomic E-state index is 0.00689. The second-order valence-electron chi connectivity index (χ2n) is 10.6. The van der Waals surface area contributed by atoms with Crippen LogP contribution in [0.2, 0.25) is 0 Å². The fourth-order valence-electron chi connectivity index (χ4n) is 4.71. The molecule has 0 bridgehead atoms. The third-order valence-electron chi connectivity index (χ3n) is 7.09. The van der Waals surface area contributed by atoms with Crippen molar-refractivity contribution in [2.24, 2.45) is 5.41 Å². The van der Waals surface area contributed by atoms with Crippen LogP contribution in [-0.4, -0.2) is 27.6 Å². The van der Waals surface area contributed by atoms with E-state index in [1.54, 1.807) is 24.9 Å². The van der Waals surface area contributed by atoms with E-state index in [0.29, 0.717) is 5.41 Å². The monoisotopic (exact) mass is 475 g/mol. The number of allylic oxidation sites excluding steroid dienone is 3. The van der Waals surface area contributed by atoms with E-state index in [0.717, 1.165) is 49.7 Å². The highest BCUT2D eigenvalue weighted by molar-refractivity contribution is 5.77. The lowest BCUT2D eigenvalue weighted by Gasteiger charge is -2.24. The van der Waals surface area contributed by atoms with Crippen LogP contribution in [0.1, 0.15) is 89.9 Å². The molecule has 0 saturated carbocycles. The fourth-order valence-corrected chi connectivity index (χ4v) is 4.71. The molecular weight excluding hydrogens is 434 g/mol. The van der Waals surface area contributed by atoms with Gasteiger partial charge in [-0.3, -0.25) is 9.59 Å². The van der Waals surface area contributed by atoms with Crippen LogP contribution in [0, 0.1) is 5.41 Å². The number of aromatic nitrogens is 2. The summed E-state index contributed by atoms with van der Waals surface area (Å²) < 4.78 is 1.35. The zero-order chi connectivity index (χ0) is 25.4. The van der Waals surface area contributed by atoms with Gasteiger partial charge in [-0.2, -0.15) is 5.10 Å². The van der Waals surface area contributed by atoms with E-state index < -0.39 is 0 Å². The Morgan fingerprint density at radius 1 is 1.06 bits per heavy atom. The van der Waals surface area contributed by atoms with E-state index in [-0.39, 0.29) is 17.9 Å². The minimum atomic E-state index is -0.106. The first kappa shape index (κ1) is 26.7. The summed E-state index contributed by atoms with van der Waals surface area (Å²) >= 11 is 0. The molecule has 1 aromatic heterocycles. The molecule has 3 rings (SSSR count). The number of rotatable bonds is 8. The van der Waals surface area contributed by atoms with Gasteiger partial charge in [-0.15, -0.1) is 0 Å². The van der Waals surface area contributed by atoms with Gasteiger partial charge >= 0.3 is 0 Å². The lowest BCUT2D eigenvalue weighted by molar-refractivity contribution is -0.119. The van der Waals surface area contributed by atoms with E-state index in [4.69, 9.17) is 0 Å². The van der Waals surface area contributed by atoms with Crippen LogP contribution < -0.4 is 5.32 Å². The zero-order valence-corrected chi connectivity index (χ0v) is 22.1. The summed E-state index contributed by atoms with van der Waals surface area (Å²) in [6, 6.07) is 8.34. The van der Waals surface area contributed by atoms with Crippen LogP contribution in [0.3, 0.4) is 0 Å². The van der Waals surface area contributed by atoms with Gasteiger partial charge in [0, 0.05) is 25.6 Å². The molecule has 1 aliphatic rings. The fraction of sp³-hybridized carbons (Fsp3) is 0.500. The normalized spacial score (nSPS) is 18.8. The van der Waals surface area contributed by atoms with Crippen molar-refractivity contribution in [1.29, 1.82) is 0 Å². The Balaban J connectivity index is 1.71. The molecule has 1 aromatic carbocycles. The smallest absolute Gasteiger partial charge is 0.243 e. The molecule has 1 amide bonds. The molecule has 5 nitrogen and oxygen atoms in total. The molecule has 0 spiro atoms. The molecule has 0 saturated heterocycles. The van der Waals surface area contributed by atoms with Crippen LogP contribution in [-0.2, 0) is 11.2 Å². The Bertz CT molecular complexity index is 1070. The third kappa shape index (κ3) is 8.05. The van der Waals surface area contributed by atoms with Crippen molar-refractivity contribution in [2.45, 2.75) is 92.0 Å². The maximum absolute atomic E-state index is 12.1. The molecular formula is C30H41N3O2. The molecule has 1 heterocycles. The molecule has 1 aliphatic carbocycles. The molecule has 0 radical (unpaired) electrons. The summed E-state index contributed by atoms with van der Waals surface area (Å²) in [7, 11) is 0. The molecule has 1 unspecified atom stereocenters. The van der Waals surface area contributed by atoms with E-state index in [1.807, 2.05) is 0 Å². The first-order valence-corrected chi connectivity index (χ1v) is 13.0. The van der Waals surface area contributed by atoms with Gasteiger partial charge in [0.25, 0.3) is 0 Å². The number of carbonyl (C=O) groups is 2. The zero-order valence-electron chi connectivity index (χ0n) is 22.1. The van der Waals surface area contributed by atoms with Crippen molar-refractivity contribution in [2.75, 3.05) is 0 Å². The number of nitrogens with zero attached hydrogens (tertiary/aromatic N) is 2. The molecule has 1 N–H and O–H groups in total. The summed E-state index contributed by atoms with van der Waals surface area (Å²) in [4.78, 5) is 23.6. The molecule has 0 fully saturated rings. The highest BCUT2D eigenvalue weighted by atomic mass is 16.2. The van der Waals surface area contributed by atoms with Crippen molar-refractivity contribution in [3.05, 3.63) is 65.5 Å². The number of nitrogens with one attached hydrogen (secondary N) is 1. The van der Waals surface area contributed by atoms with E-state index in [9.17, 15) is 9.59 Å². The number of benzene rings is 1. The lowest BCUT2D eigenvalue weighted by atomic mass is 9.82. The lowest BCUT2D eigenvalue weighted by Crippen LogP contribution is -2.36. The van der Waals surface area contributed by atoms with Gasteiger partial charge < -0.3 is 5.32 Å². The van der Waals surface area contributed by atoms with Gasteiger partial charge in [0.2, 0.25) is 11.8 Å². The van der Waals surface area contributed by atoms with Crippen molar-refractivity contribution < 1.29 is 9.59 Å². The van der Waals surface area contributed by atoms with Gasteiger partial charge in [-0.1, -0.05) is 74.8 Å². The predicted octanol–water partition coefficient (Wildman–Crippen LogP) is 6.90. The quantitative estimate of drug-likeness (QED) is 0.422. The summed E-state index contributed by atoms with van der Waals surface area (Å²) in [6.45, 7) is 10.1. The van der Waals surface area contributed by atoms with E-state index in [2.05, 4.69) is 67.6 Å². The first-order chi connectivity index (χ1) is 16.7.